The summed E-state index contributed by atoms with van der Waals surface area (Å²) in [7, 11) is -4.97. The summed E-state index contributed by atoms with van der Waals surface area (Å²) in [6.07, 6.45) is 2.51. The van der Waals surface area contributed by atoms with E-state index in [0.29, 0.717) is 31.0 Å². The number of fused-ring (bicyclic) bond motifs is 5. The van der Waals surface area contributed by atoms with Crippen molar-refractivity contribution in [2.24, 2.45) is 22.9 Å². The summed E-state index contributed by atoms with van der Waals surface area (Å²) < 4.78 is 55.3. The van der Waals surface area contributed by atoms with E-state index in [1.54, 1.807) is 6.92 Å². The topological polar surface area (TPSA) is 233 Å². The lowest BCUT2D eigenvalue weighted by Crippen LogP contribution is -2.52. The molecule has 1 aliphatic carbocycles. The number of hydrogen-bond donors (Lipinski definition) is 4. The van der Waals surface area contributed by atoms with Crippen molar-refractivity contribution in [1.29, 1.82) is 0 Å². The molecular formula is C31H33F2N4O13P. The SMILES string of the molecule is CC1=NO[C@@]2(CC[C@H](C)N3C[C@H]2n2cc(C(=O)NCc4ccc(F)cc4F)c(=O)c(OCOC(=O)[C@H]4[C@@H](COP(=O)(O)O)[C@H]4C(=O)O)c2C3=O)C1. The number of pyridine rings is 1. The predicted octanol–water partition coefficient (Wildman–Crippen LogP) is 1.71. The molecule has 20 heteroatoms. The van der Waals surface area contributed by atoms with Gasteiger partial charge in [-0.1, -0.05) is 11.2 Å². The highest BCUT2D eigenvalue weighted by Gasteiger charge is 2.61. The van der Waals surface area contributed by atoms with Gasteiger partial charge in [-0.05, 0) is 32.8 Å². The number of phosphoric ester groups is 1. The van der Waals surface area contributed by atoms with Gasteiger partial charge in [0.15, 0.2) is 11.3 Å². The van der Waals surface area contributed by atoms with Gasteiger partial charge in [-0.2, -0.15) is 0 Å². The number of benzene rings is 1. The minimum absolute atomic E-state index is 0.0788. The summed E-state index contributed by atoms with van der Waals surface area (Å²) in [5.74, 6) is -10.5. The highest BCUT2D eigenvalue weighted by Crippen LogP contribution is 2.50. The largest absolute Gasteiger partial charge is 0.481 e. The average Bonchev–Trinajstić information content (AvgIpc) is 3.70. The van der Waals surface area contributed by atoms with Crippen molar-refractivity contribution in [2.75, 3.05) is 19.9 Å². The maximum absolute atomic E-state index is 14.3. The van der Waals surface area contributed by atoms with Gasteiger partial charge in [-0.25, -0.2) is 13.3 Å². The summed E-state index contributed by atoms with van der Waals surface area (Å²) in [6, 6.07) is 1.73. The maximum atomic E-state index is 14.3. The number of aliphatic carboxylic acids is 1. The van der Waals surface area contributed by atoms with Crippen LogP contribution in [0.4, 0.5) is 8.78 Å². The average molecular weight is 739 g/mol. The first-order valence-corrected chi connectivity index (χ1v) is 17.3. The second-order valence-corrected chi connectivity index (χ2v) is 14.2. The van der Waals surface area contributed by atoms with Crippen molar-refractivity contribution >= 4 is 37.3 Å². The number of carboxylic acid groups (broad SMARTS) is 1. The van der Waals surface area contributed by atoms with E-state index in [1.165, 1.54) is 15.7 Å². The van der Waals surface area contributed by atoms with Crippen molar-refractivity contribution in [2.45, 2.75) is 57.3 Å². The summed E-state index contributed by atoms with van der Waals surface area (Å²) >= 11 is 0. The third-order valence-corrected chi connectivity index (χ3v) is 10.2. The van der Waals surface area contributed by atoms with Gasteiger partial charge in [0.1, 0.15) is 17.2 Å². The van der Waals surface area contributed by atoms with E-state index in [1.807, 2.05) is 6.92 Å². The first-order chi connectivity index (χ1) is 24.0. The monoisotopic (exact) mass is 738 g/mol. The van der Waals surface area contributed by atoms with Gasteiger partial charge in [0.2, 0.25) is 18.0 Å². The normalized spacial score (nSPS) is 26.5. The number of nitrogens with one attached hydrogen (secondary N) is 1. The lowest BCUT2D eigenvalue weighted by Gasteiger charge is -2.42. The van der Waals surface area contributed by atoms with Gasteiger partial charge in [-0.3, -0.25) is 28.5 Å². The number of nitrogens with zero attached hydrogens (tertiary/aromatic N) is 3. The zero-order valence-corrected chi connectivity index (χ0v) is 28.0. The lowest BCUT2D eigenvalue weighted by atomic mass is 9.84. The molecule has 2 fully saturated rings. The Labute approximate surface area is 287 Å². The molecule has 0 unspecified atom stereocenters. The molecule has 17 nitrogen and oxygen atoms in total. The van der Waals surface area contributed by atoms with Crippen LogP contribution in [0.5, 0.6) is 5.75 Å². The van der Waals surface area contributed by atoms with Gasteiger partial charge < -0.3 is 44.0 Å². The number of esters is 1. The van der Waals surface area contributed by atoms with Crippen molar-refractivity contribution in [3.05, 3.63) is 63.1 Å². The second-order valence-electron chi connectivity index (χ2n) is 13.0. The molecule has 3 aliphatic heterocycles. The summed E-state index contributed by atoms with van der Waals surface area (Å²) in [4.78, 5) is 91.4. The van der Waals surface area contributed by atoms with Crippen LogP contribution < -0.4 is 15.5 Å². The Hall–Kier alpha value is -4.71. The molecule has 2 aromatic rings. The molecule has 2 amide bonds. The van der Waals surface area contributed by atoms with Crippen molar-refractivity contribution in [1.82, 2.24) is 14.8 Å². The number of oxime groups is 1. The standard InChI is InChI=1S/C31H33F2N4O13P/c1-14-8-31(50-35-14)6-5-15(2)36-11-21(31)37-10-18(27(39)34-9-16-3-4-17(32)7-20(16)33)25(38)26(24(37)28(36)40)47-13-48-30(43)23-19(22(23)29(41)42)12-49-51(44,45)46/h3-4,7,10,15,19,21-23H,5-6,8-9,11-13H2,1-2H3,(H,34,39)(H,41,42)(H2,44,45,46)/t15-,19-,21+,22+,23-,31-/m0/s1. The number of carbonyl (C=O) groups is 4. The number of ether oxygens (including phenoxy) is 2. The fourth-order valence-electron chi connectivity index (χ4n) is 7.01. The van der Waals surface area contributed by atoms with Crippen LogP contribution in [0.3, 0.4) is 0 Å². The Morgan fingerprint density at radius 3 is 2.59 bits per heavy atom. The molecule has 0 radical (unpaired) electrons. The molecule has 1 spiro atoms. The molecule has 6 atom stereocenters. The quantitative estimate of drug-likeness (QED) is 0.146. The van der Waals surface area contributed by atoms with E-state index in [4.69, 9.17) is 24.1 Å². The van der Waals surface area contributed by atoms with Crippen LogP contribution in [-0.4, -0.2) is 85.4 Å². The lowest BCUT2D eigenvalue weighted by molar-refractivity contribution is -0.154. The highest BCUT2D eigenvalue weighted by atomic mass is 31.2. The molecule has 51 heavy (non-hydrogen) atoms. The molecular weight excluding hydrogens is 705 g/mol. The Morgan fingerprint density at radius 2 is 1.94 bits per heavy atom. The first-order valence-electron chi connectivity index (χ1n) is 15.8. The predicted molar refractivity (Wildman–Crippen MR) is 166 cm³/mol. The van der Waals surface area contributed by atoms with Crippen LogP contribution in [0.2, 0.25) is 0 Å². The number of carbonyl (C=O) groups excluding carboxylic acids is 3. The zero-order valence-electron chi connectivity index (χ0n) is 27.1. The van der Waals surface area contributed by atoms with Crippen LogP contribution in [-0.2, 0) is 34.8 Å². The Bertz CT molecular complexity index is 1950. The van der Waals surface area contributed by atoms with Crippen LogP contribution in [0, 0.1) is 29.4 Å². The second kappa shape index (κ2) is 13.4. The molecule has 4 N–H and O–H groups in total. The van der Waals surface area contributed by atoms with E-state index >= 15 is 0 Å². The van der Waals surface area contributed by atoms with Crippen LogP contribution in [0.1, 0.15) is 65.6 Å². The van der Waals surface area contributed by atoms with E-state index < -0.39 is 109 Å². The molecule has 6 rings (SSSR count). The molecule has 4 aliphatic rings. The summed E-state index contributed by atoms with van der Waals surface area (Å²) in [5.41, 5.74) is -2.28. The van der Waals surface area contributed by atoms with E-state index in [9.17, 15) is 42.4 Å². The third kappa shape index (κ3) is 6.98. The van der Waals surface area contributed by atoms with E-state index in [0.717, 1.165) is 12.1 Å². The van der Waals surface area contributed by atoms with E-state index in [-0.39, 0.29) is 23.8 Å². The van der Waals surface area contributed by atoms with Gasteiger partial charge in [0.05, 0.1) is 30.2 Å². The Morgan fingerprint density at radius 1 is 1.20 bits per heavy atom. The number of amides is 2. The van der Waals surface area contributed by atoms with Crippen LogP contribution >= 0.6 is 7.82 Å². The number of halogens is 2. The van der Waals surface area contributed by atoms with Gasteiger partial charge in [0, 0.05) is 49.3 Å². The third-order valence-electron chi connectivity index (χ3n) is 9.69. The van der Waals surface area contributed by atoms with Crippen molar-refractivity contribution in [3.63, 3.8) is 0 Å². The fraction of sp³-hybridized carbons (Fsp3) is 0.484. The summed E-state index contributed by atoms with van der Waals surface area (Å²) in [6.45, 7) is 1.49. The number of hydrogen-bond acceptors (Lipinski definition) is 11. The number of phosphoric acid groups is 1. The van der Waals surface area contributed by atoms with Gasteiger partial charge in [-0.15, -0.1) is 0 Å². The van der Waals surface area contributed by atoms with Crippen molar-refractivity contribution < 1.29 is 66.3 Å². The molecule has 2 bridgehead atoms. The van der Waals surface area contributed by atoms with Crippen LogP contribution in [0.25, 0.3) is 0 Å². The summed E-state index contributed by atoms with van der Waals surface area (Å²) in [5, 5.41) is 16.0. The van der Waals surface area contributed by atoms with Crippen LogP contribution in [0.15, 0.2) is 34.3 Å². The molecule has 1 aromatic carbocycles. The zero-order chi connectivity index (χ0) is 37.0. The number of carboxylic acids is 1. The minimum Gasteiger partial charge on any atom is -0.481 e. The molecule has 4 heterocycles. The maximum Gasteiger partial charge on any atom is 0.469 e. The Balaban J connectivity index is 1.33. The first kappa shape index (κ1) is 36.1. The van der Waals surface area contributed by atoms with Gasteiger partial charge >= 0.3 is 19.8 Å². The van der Waals surface area contributed by atoms with Crippen molar-refractivity contribution in [3.8, 4) is 5.75 Å². The number of aromatic nitrogens is 1. The Kier molecular flexibility index (Phi) is 9.51. The smallest absolute Gasteiger partial charge is 0.469 e. The number of rotatable bonds is 11. The minimum atomic E-state index is -4.97. The molecule has 274 valence electrons. The van der Waals surface area contributed by atoms with E-state index in [2.05, 4.69) is 15.0 Å². The fourth-order valence-corrected chi connectivity index (χ4v) is 7.37. The molecule has 1 saturated carbocycles. The molecule has 1 aromatic heterocycles. The highest BCUT2D eigenvalue weighted by molar-refractivity contribution is 7.46. The van der Waals surface area contributed by atoms with Gasteiger partial charge in [0.25, 0.3) is 11.8 Å². The molecule has 1 saturated heterocycles.